The van der Waals surface area contributed by atoms with E-state index in [1.54, 1.807) is 13.8 Å². The lowest BCUT2D eigenvalue weighted by Crippen LogP contribution is -2.59. The number of hydrogen-bond acceptors (Lipinski definition) is 3. The smallest absolute Gasteiger partial charge is 0.329 e. The molecule has 0 heterocycles. The first-order valence-corrected chi connectivity index (χ1v) is 6.79. The lowest BCUT2D eigenvalue weighted by Gasteiger charge is -2.30. The van der Waals surface area contributed by atoms with Crippen LogP contribution in [0.5, 0.6) is 0 Å². The molecule has 0 aliphatic carbocycles. The van der Waals surface area contributed by atoms with E-state index in [4.69, 9.17) is 5.73 Å². The van der Waals surface area contributed by atoms with E-state index in [1.807, 2.05) is 13.8 Å². The first-order chi connectivity index (χ1) is 9.18. The molecule has 0 saturated heterocycles. The molecule has 7 nitrogen and oxygen atoms in total. The van der Waals surface area contributed by atoms with E-state index in [0.717, 1.165) is 0 Å². The highest BCUT2D eigenvalue weighted by atomic mass is 16.4. The molecule has 3 amide bonds. The van der Waals surface area contributed by atoms with Crippen LogP contribution in [-0.2, 0) is 9.59 Å². The number of urea groups is 1. The number of aliphatic carboxylic acids is 1. The number of nitrogens with one attached hydrogen (secondary N) is 2. The van der Waals surface area contributed by atoms with E-state index in [2.05, 4.69) is 10.6 Å². The average Bonchev–Trinajstić information content (AvgIpc) is 2.33. The summed E-state index contributed by atoms with van der Waals surface area (Å²) in [6, 6.07) is -1.64. The standard InChI is InChI=1S/C13H25N3O4/c1-5-13(6-2,11(18)19)16-10(17)9(7-8(3)4)15-12(14)20/h8-9H,5-7H2,1-4H3,(H,16,17)(H,18,19)(H3,14,15,20). The molecule has 0 aliphatic rings. The molecular formula is C13H25N3O4. The van der Waals surface area contributed by atoms with Crippen LogP contribution in [0.25, 0.3) is 0 Å². The largest absolute Gasteiger partial charge is 0.480 e. The minimum atomic E-state index is -1.31. The number of hydrogen-bond donors (Lipinski definition) is 4. The molecule has 1 atom stereocenters. The maximum atomic E-state index is 12.2. The molecule has 20 heavy (non-hydrogen) atoms. The molecule has 0 aromatic carbocycles. The summed E-state index contributed by atoms with van der Waals surface area (Å²) in [7, 11) is 0. The number of nitrogens with two attached hydrogens (primary N) is 1. The van der Waals surface area contributed by atoms with Gasteiger partial charge in [0.15, 0.2) is 0 Å². The fourth-order valence-electron chi connectivity index (χ4n) is 1.98. The molecular weight excluding hydrogens is 262 g/mol. The Morgan fingerprint density at radius 3 is 2.00 bits per heavy atom. The van der Waals surface area contributed by atoms with E-state index in [9.17, 15) is 19.5 Å². The van der Waals surface area contributed by atoms with E-state index >= 15 is 0 Å². The summed E-state index contributed by atoms with van der Waals surface area (Å²) in [6.07, 6.45) is 0.906. The van der Waals surface area contributed by atoms with Crippen molar-refractivity contribution in [3.63, 3.8) is 0 Å². The Kier molecular flexibility index (Phi) is 7.02. The fraction of sp³-hybridized carbons (Fsp3) is 0.769. The van der Waals surface area contributed by atoms with Gasteiger partial charge in [-0.2, -0.15) is 0 Å². The number of carbonyl (C=O) groups is 3. The number of rotatable bonds is 8. The van der Waals surface area contributed by atoms with Gasteiger partial charge < -0.3 is 21.5 Å². The van der Waals surface area contributed by atoms with Gasteiger partial charge in [0.1, 0.15) is 11.6 Å². The van der Waals surface area contributed by atoms with Crippen LogP contribution >= 0.6 is 0 Å². The molecule has 5 N–H and O–H groups in total. The van der Waals surface area contributed by atoms with Gasteiger partial charge in [0.05, 0.1) is 0 Å². The number of carboxylic acid groups (broad SMARTS) is 1. The molecule has 0 radical (unpaired) electrons. The fourth-order valence-corrected chi connectivity index (χ4v) is 1.98. The third-order valence-corrected chi connectivity index (χ3v) is 3.32. The van der Waals surface area contributed by atoms with Crippen LogP contribution in [0.15, 0.2) is 0 Å². The summed E-state index contributed by atoms with van der Waals surface area (Å²) in [5.74, 6) is -1.46. The third-order valence-electron chi connectivity index (χ3n) is 3.32. The van der Waals surface area contributed by atoms with Crippen LogP contribution in [0.2, 0.25) is 0 Å². The number of amides is 3. The van der Waals surface area contributed by atoms with Crippen LogP contribution in [-0.4, -0.2) is 34.6 Å². The van der Waals surface area contributed by atoms with Crippen molar-refractivity contribution in [2.75, 3.05) is 0 Å². The van der Waals surface area contributed by atoms with E-state index < -0.39 is 29.5 Å². The van der Waals surface area contributed by atoms with Crippen LogP contribution in [0.3, 0.4) is 0 Å². The van der Waals surface area contributed by atoms with E-state index in [-0.39, 0.29) is 18.8 Å². The highest BCUT2D eigenvalue weighted by Gasteiger charge is 2.38. The van der Waals surface area contributed by atoms with Gasteiger partial charge in [-0.3, -0.25) is 4.79 Å². The van der Waals surface area contributed by atoms with Gasteiger partial charge in [0, 0.05) is 0 Å². The Morgan fingerprint density at radius 2 is 1.70 bits per heavy atom. The van der Waals surface area contributed by atoms with E-state index in [0.29, 0.717) is 6.42 Å². The monoisotopic (exact) mass is 287 g/mol. The van der Waals surface area contributed by atoms with Gasteiger partial charge in [-0.25, -0.2) is 9.59 Å². The SMILES string of the molecule is CCC(CC)(NC(=O)C(CC(C)C)NC(N)=O)C(=O)O. The Morgan fingerprint density at radius 1 is 1.20 bits per heavy atom. The van der Waals surface area contributed by atoms with Crippen molar-refractivity contribution < 1.29 is 19.5 Å². The maximum Gasteiger partial charge on any atom is 0.329 e. The minimum absolute atomic E-state index is 0.153. The van der Waals surface area contributed by atoms with Gasteiger partial charge in [0.25, 0.3) is 0 Å². The van der Waals surface area contributed by atoms with Crippen molar-refractivity contribution in [3.8, 4) is 0 Å². The van der Waals surface area contributed by atoms with Gasteiger partial charge in [-0.1, -0.05) is 27.7 Å². The quantitative estimate of drug-likeness (QED) is 0.528. The highest BCUT2D eigenvalue weighted by Crippen LogP contribution is 2.16. The third kappa shape index (κ3) is 5.07. The molecule has 116 valence electrons. The minimum Gasteiger partial charge on any atom is -0.480 e. The topological polar surface area (TPSA) is 122 Å². The summed E-state index contributed by atoms with van der Waals surface area (Å²) in [6.45, 7) is 7.17. The second-order valence-electron chi connectivity index (χ2n) is 5.27. The van der Waals surface area contributed by atoms with Crippen LogP contribution in [0.4, 0.5) is 4.79 Å². The van der Waals surface area contributed by atoms with Crippen LogP contribution < -0.4 is 16.4 Å². The van der Waals surface area contributed by atoms with Crippen molar-refractivity contribution in [2.45, 2.75) is 58.5 Å². The molecule has 0 spiro atoms. The zero-order chi connectivity index (χ0) is 15.9. The molecule has 0 aromatic heterocycles. The summed E-state index contributed by atoms with van der Waals surface area (Å²) in [5, 5.41) is 14.2. The number of carbonyl (C=O) groups excluding carboxylic acids is 2. The van der Waals surface area contributed by atoms with Crippen molar-refractivity contribution in [1.82, 2.24) is 10.6 Å². The number of carboxylic acids is 1. The van der Waals surface area contributed by atoms with Gasteiger partial charge in [-0.05, 0) is 25.2 Å². The molecule has 0 aliphatic heterocycles. The normalized spacial score (nSPS) is 12.8. The lowest BCUT2D eigenvalue weighted by molar-refractivity contribution is -0.148. The molecule has 0 rings (SSSR count). The second-order valence-corrected chi connectivity index (χ2v) is 5.27. The summed E-state index contributed by atoms with van der Waals surface area (Å²) >= 11 is 0. The van der Waals surface area contributed by atoms with Gasteiger partial charge in [-0.15, -0.1) is 0 Å². The summed E-state index contributed by atoms with van der Waals surface area (Å²) < 4.78 is 0. The predicted molar refractivity (Wildman–Crippen MR) is 75.1 cm³/mol. The Balaban J connectivity index is 5.05. The lowest BCUT2D eigenvalue weighted by atomic mass is 9.92. The summed E-state index contributed by atoms with van der Waals surface area (Å²) in [4.78, 5) is 34.5. The van der Waals surface area contributed by atoms with Crippen molar-refractivity contribution in [3.05, 3.63) is 0 Å². The summed E-state index contributed by atoms with van der Waals surface area (Å²) in [5.41, 5.74) is 3.74. The highest BCUT2D eigenvalue weighted by molar-refractivity contribution is 5.91. The van der Waals surface area contributed by atoms with Gasteiger partial charge >= 0.3 is 12.0 Å². The number of primary amides is 1. The molecule has 7 heteroatoms. The van der Waals surface area contributed by atoms with E-state index in [1.165, 1.54) is 0 Å². The Bertz CT molecular complexity index is 365. The van der Waals surface area contributed by atoms with Crippen molar-refractivity contribution in [2.24, 2.45) is 11.7 Å². The van der Waals surface area contributed by atoms with Crippen molar-refractivity contribution in [1.29, 1.82) is 0 Å². The zero-order valence-corrected chi connectivity index (χ0v) is 12.5. The molecule has 1 unspecified atom stereocenters. The molecule has 0 bridgehead atoms. The van der Waals surface area contributed by atoms with Crippen LogP contribution in [0, 0.1) is 5.92 Å². The molecule has 0 fully saturated rings. The zero-order valence-electron chi connectivity index (χ0n) is 12.5. The second kappa shape index (κ2) is 7.72. The first kappa shape index (κ1) is 18.2. The Labute approximate surface area is 119 Å². The predicted octanol–water partition coefficient (Wildman–Crippen LogP) is 0.829. The average molecular weight is 287 g/mol. The molecule has 0 saturated carbocycles. The van der Waals surface area contributed by atoms with Crippen molar-refractivity contribution >= 4 is 17.9 Å². The first-order valence-electron chi connectivity index (χ1n) is 6.79. The molecule has 0 aromatic rings. The maximum absolute atomic E-state index is 12.2. The Hall–Kier alpha value is -1.79. The van der Waals surface area contributed by atoms with Crippen LogP contribution in [0.1, 0.15) is 47.0 Å². The van der Waals surface area contributed by atoms with Gasteiger partial charge in [0.2, 0.25) is 5.91 Å².